The van der Waals surface area contributed by atoms with E-state index in [2.05, 4.69) is 26.4 Å². The molecule has 112 valence electrons. The van der Waals surface area contributed by atoms with Gasteiger partial charge in [-0.2, -0.15) is 0 Å². The monoisotopic (exact) mass is 285 g/mol. The van der Waals surface area contributed by atoms with E-state index in [0.29, 0.717) is 11.9 Å². The van der Waals surface area contributed by atoms with E-state index in [1.165, 1.54) is 32.4 Å². The molecule has 0 aliphatic carbocycles. The number of rotatable bonds is 4. The van der Waals surface area contributed by atoms with Gasteiger partial charge < -0.3 is 15.2 Å². The molecule has 2 N–H and O–H groups in total. The third kappa shape index (κ3) is 3.08. The first kappa shape index (κ1) is 14.1. The predicted molar refractivity (Wildman–Crippen MR) is 84.9 cm³/mol. The first-order valence-corrected chi connectivity index (χ1v) is 7.71. The molecule has 21 heavy (non-hydrogen) atoms. The summed E-state index contributed by atoms with van der Waals surface area (Å²) in [6, 6.07) is 4.29. The number of nitrogen functional groups attached to an aromatic ring is 1. The van der Waals surface area contributed by atoms with Crippen LogP contribution in [0.4, 0.5) is 5.82 Å². The first-order valence-electron chi connectivity index (χ1n) is 7.71. The van der Waals surface area contributed by atoms with Gasteiger partial charge >= 0.3 is 0 Å². The van der Waals surface area contributed by atoms with Gasteiger partial charge in [0, 0.05) is 24.3 Å². The van der Waals surface area contributed by atoms with E-state index < -0.39 is 0 Å². The van der Waals surface area contributed by atoms with E-state index in [1.54, 1.807) is 6.20 Å². The van der Waals surface area contributed by atoms with Gasteiger partial charge in [-0.3, -0.25) is 0 Å². The Balaban J connectivity index is 1.80. The lowest BCUT2D eigenvalue weighted by molar-refractivity contribution is 0.202. The Morgan fingerprint density at radius 1 is 1.29 bits per heavy atom. The van der Waals surface area contributed by atoms with Crippen LogP contribution in [0.15, 0.2) is 30.9 Å². The Labute approximate surface area is 125 Å². The van der Waals surface area contributed by atoms with Gasteiger partial charge in [-0.15, -0.1) is 0 Å². The Morgan fingerprint density at radius 3 is 2.86 bits per heavy atom. The number of anilines is 1. The maximum atomic E-state index is 6.00. The molecule has 5 nitrogen and oxygen atoms in total. The fourth-order valence-corrected chi connectivity index (χ4v) is 3.10. The van der Waals surface area contributed by atoms with Crippen LogP contribution in [0.3, 0.4) is 0 Å². The van der Waals surface area contributed by atoms with E-state index in [4.69, 9.17) is 5.73 Å². The average Bonchev–Trinajstić information content (AvgIpc) is 2.98. The van der Waals surface area contributed by atoms with Crippen molar-refractivity contribution < 1.29 is 0 Å². The molecule has 0 radical (unpaired) electrons. The predicted octanol–water partition coefficient (Wildman–Crippen LogP) is 2.57. The van der Waals surface area contributed by atoms with Crippen molar-refractivity contribution in [1.29, 1.82) is 0 Å². The summed E-state index contributed by atoms with van der Waals surface area (Å²) in [5.74, 6) is 0.560. The molecular weight excluding hydrogens is 262 g/mol. The SMILES string of the molecule is CC(CN1CCCCC1)n1cncc1-c1cccnc1N. The highest BCUT2D eigenvalue weighted by Crippen LogP contribution is 2.26. The zero-order chi connectivity index (χ0) is 14.7. The van der Waals surface area contributed by atoms with Crippen LogP contribution in [0.5, 0.6) is 0 Å². The summed E-state index contributed by atoms with van der Waals surface area (Å²) in [5.41, 5.74) is 8.01. The van der Waals surface area contributed by atoms with E-state index in [-0.39, 0.29) is 0 Å². The number of pyridine rings is 1. The van der Waals surface area contributed by atoms with E-state index in [1.807, 2.05) is 24.7 Å². The summed E-state index contributed by atoms with van der Waals surface area (Å²) >= 11 is 0. The second-order valence-electron chi connectivity index (χ2n) is 5.83. The Morgan fingerprint density at radius 2 is 2.10 bits per heavy atom. The molecule has 3 rings (SSSR count). The number of hydrogen-bond donors (Lipinski definition) is 1. The minimum absolute atomic E-state index is 0.375. The molecule has 1 fully saturated rings. The van der Waals surface area contributed by atoms with Crippen LogP contribution in [0.25, 0.3) is 11.3 Å². The quantitative estimate of drug-likeness (QED) is 0.938. The van der Waals surface area contributed by atoms with Gasteiger partial charge in [-0.25, -0.2) is 9.97 Å². The lowest BCUT2D eigenvalue weighted by atomic mass is 10.1. The lowest BCUT2D eigenvalue weighted by Crippen LogP contribution is -2.34. The van der Waals surface area contributed by atoms with Gasteiger partial charge in [-0.1, -0.05) is 6.42 Å². The number of piperidine rings is 1. The molecular formula is C16H23N5. The number of nitrogens with zero attached hydrogens (tertiary/aromatic N) is 4. The number of nitrogens with two attached hydrogens (primary N) is 1. The molecule has 2 aromatic heterocycles. The van der Waals surface area contributed by atoms with Gasteiger partial charge in [0.25, 0.3) is 0 Å². The van der Waals surface area contributed by atoms with Crippen LogP contribution in [0.2, 0.25) is 0 Å². The molecule has 1 aliphatic heterocycles. The lowest BCUT2D eigenvalue weighted by Gasteiger charge is -2.30. The van der Waals surface area contributed by atoms with Gasteiger partial charge in [0.1, 0.15) is 5.82 Å². The Bertz CT molecular complexity index is 586. The number of aromatic nitrogens is 3. The molecule has 0 bridgehead atoms. The van der Waals surface area contributed by atoms with Crippen molar-refractivity contribution in [2.75, 3.05) is 25.4 Å². The fourth-order valence-electron chi connectivity index (χ4n) is 3.10. The highest BCUT2D eigenvalue weighted by Gasteiger charge is 2.17. The topological polar surface area (TPSA) is 60.0 Å². The summed E-state index contributed by atoms with van der Waals surface area (Å²) in [6.07, 6.45) is 9.50. The van der Waals surface area contributed by atoms with Crippen molar-refractivity contribution in [1.82, 2.24) is 19.4 Å². The summed E-state index contributed by atoms with van der Waals surface area (Å²) < 4.78 is 2.21. The largest absolute Gasteiger partial charge is 0.383 e. The van der Waals surface area contributed by atoms with Crippen molar-refractivity contribution in [3.8, 4) is 11.3 Å². The van der Waals surface area contributed by atoms with Crippen LogP contribution in [-0.4, -0.2) is 39.1 Å². The maximum Gasteiger partial charge on any atom is 0.132 e. The molecule has 0 amide bonds. The molecule has 1 atom stereocenters. The molecule has 3 heterocycles. The standard InChI is InChI=1S/C16H23N5/c1-13(11-20-8-3-2-4-9-20)21-12-18-10-15(21)14-6-5-7-19-16(14)17/h5-7,10,12-13H,2-4,8-9,11H2,1H3,(H2,17,19). The molecule has 1 unspecified atom stereocenters. The molecule has 0 saturated carbocycles. The van der Waals surface area contributed by atoms with Crippen molar-refractivity contribution in [3.05, 3.63) is 30.9 Å². The molecule has 1 saturated heterocycles. The second-order valence-corrected chi connectivity index (χ2v) is 5.83. The summed E-state index contributed by atoms with van der Waals surface area (Å²) in [7, 11) is 0. The van der Waals surface area contributed by atoms with Crippen LogP contribution < -0.4 is 5.73 Å². The molecule has 0 spiro atoms. The third-order valence-corrected chi connectivity index (χ3v) is 4.23. The normalized spacial score (nSPS) is 17.8. The van der Waals surface area contributed by atoms with E-state index in [9.17, 15) is 0 Å². The maximum absolute atomic E-state index is 6.00. The third-order valence-electron chi connectivity index (χ3n) is 4.23. The second kappa shape index (κ2) is 6.26. The Hall–Kier alpha value is -1.88. The number of hydrogen-bond acceptors (Lipinski definition) is 4. The average molecular weight is 285 g/mol. The van der Waals surface area contributed by atoms with E-state index >= 15 is 0 Å². The van der Waals surface area contributed by atoms with Gasteiger partial charge in [0.05, 0.1) is 18.2 Å². The molecule has 2 aromatic rings. The van der Waals surface area contributed by atoms with Crippen molar-refractivity contribution in [2.24, 2.45) is 0 Å². The zero-order valence-electron chi connectivity index (χ0n) is 12.6. The molecule has 1 aliphatic rings. The summed E-state index contributed by atoms with van der Waals surface area (Å²) in [5, 5.41) is 0. The van der Waals surface area contributed by atoms with Crippen LogP contribution >= 0.6 is 0 Å². The smallest absolute Gasteiger partial charge is 0.132 e. The van der Waals surface area contributed by atoms with Crippen LogP contribution in [-0.2, 0) is 0 Å². The fraction of sp³-hybridized carbons (Fsp3) is 0.500. The van der Waals surface area contributed by atoms with Crippen molar-refractivity contribution in [2.45, 2.75) is 32.2 Å². The zero-order valence-corrected chi connectivity index (χ0v) is 12.6. The van der Waals surface area contributed by atoms with Crippen molar-refractivity contribution >= 4 is 5.82 Å². The summed E-state index contributed by atoms with van der Waals surface area (Å²) in [4.78, 5) is 11.0. The highest BCUT2D eigenvalue weighted by molar-refractivity contribution is 5.70. The minimum atomic E-state index is 0.375. The van der Waals surface area contributed by atoms with Crippen LogP contribution in [0, 0.1) is 0 Å². The first-order chi connectivity index (χ1) is 10.3. The summed E-state index contributed by atoms with van der Waals surface area (Å²) in [6.45, 7) is 5.72. The van der Waals surface area contributed by atoms with Gasteiger partial charge in [0.15, 0.2) is 0 Å². The van der Waals surface area contributed by atoms with Gasteiger partial charge in [-0.05, 0) is 45.0 Å². The number of imidazole rings is 1. The van der Waals surface area contributed by atoms with Crippen LogP contribution in [0.1, 0.15) is 32.2 Å². The Kier molecular flexibility index (Phi) is 4.20. The van der Waals surface area contributed by atoms with E-state index in [0.717, 1.165) is 17.8 Å². The molecule has 5 heteroatoms. The van der Waals surface area contributed by atoms with Crippen molar-refractivity contribution in [3.63, 3.8) is 0 Å². The highest BCUT2D eigenvalue weighted by atomic mass is 15.2. The number of likely N-dealkylation sites (tertiary alicyclic amines) is 1. The van der Waals surface area contributed by atoms with Gasteiger partial charge in [0.2, 0.25) is 0 Å². The molecule has 0 aromatic carbocycles. The minimum Gasteiger partial charge on any atom is -0.383 e.